The minimum atomic E-state index is -3.62. The Kier molecular flexibility index (Phi) is 6.37. The van der Waals surface area contributed by atoms with Crippen LogP contribution in [0.5, 0.6) is 0 Å². The van der Waals surface area contributed by atoms with E-state index >= 15 is 0 Å². The van der Waals surface area contributed by atoms with Gasteiger partial charge in [-0.2, -0.15) is 0 Å². The van der Waals surface area contributed by atoms with Gasteiger partial charge in [0.15, 0.2) is 0 Å². The third-order valence-corrected chi connectivity index (χ3v) is 5.27. The van der Waals surface area contributed by atoms with Crippen molar-refractivity contribution in [3.05, 3.63) is 65.5 Å². The second kappa shape index (κ2) is 8.31. The number of carbonyl (C=O) groups excluding carboxylic acids is 1. The van der Waals surface area contributed by atoms with Crippen LogP contribution in [0.2, 0.25) is 0 Å². The van der Waals surface area contributed by atoms with Crippen LogP contribution in [0.3, 0.4) is 0 Å². The van der Waals surface area contributed by atoms with E-state index in [0.717, 1.165) is 10.6 Å². The van der Waals surface area contributed by atoms with Crippen LogP contribution in [0, 0.1) is 5.82 Å². The first-order valence-electron chi connectivity index (χ1n) is 8.38. The van der Waals surface area contributed by atoms with E-state index in [9.17, 15) is 17.6 Å². The van der Waals surface area contributed by atoms with Gasteiger partial charge in [0.2, 0.25) is 10.0 Å². The molecule has 0 bridgehead atoms. The molecule has 0 aromatic heterocycles. The highest BCUT2D eigenvalue weighted by atomic mass is 32.2. The summed E-state index contributed by atoms with van der Waals surface area (Å²) in [4.78, 5) is 14.0. The molecule has 0 radical (unpaired) electrons. The molecule has 2 aromatic rings. The van der Waals surface area contributed by atoms with E-state index in [4.69, 9.17) is 0 Å². The van der Waals surface area contributed by atoms with Crippen molar-refractivity contribution in [1.82, 2.24) is 4.90 Å². The number of carbonyl (C=O) groups is 1. The van der Waals surface area contributed by atoms with Gasteiger partial charge >= 0.3 is 0 Å². The minimum Gasteiger partial charge on any atom is -0.339 e. The number of amides is 1. The molecular formula is C19H23FN2O3S. The monoisotopic (exact) mass is 378 g/mol. The summed E-state index contributed by atoms with van der Waals surface area (Å²) in [5, 5.41) is 0. The van der Waals surface area contributed by atoms with Crippen LogP contribution >= 0.6 is 0 Å². The zero-order valence-electron chi connectivity index (χ0n) is 15.1. The van der Waals surface area contributed by atoms with Gasteiger partial charge in [-0.3, -0.25) is 9.10 Å². The second-order valence-electron chi connectivity index (χ2n) is 5.89. The van der Waals surface area contributed by atoms with Crippen LogP contribution in [0.4, 0.5) is 10.1 Å². The normalized spacial score (nSPS) is 11.2. The molecule has 0 saturated carbocycles. The maximum atomic E-state index is 13.9. The third-order valence-electron chi connectivity index (χ3n) is 4.13. The van der Waals surface area contributed by atoms with Crippen LogP contribution in [0.15, 0.2) is 48.5 Å². The lowest BCUT2D eigenvalue weighted by molar-refractivity contribution is 0.0773. The first-order chi connectivity index (χ1) is 12.3. The summed E-state index contributed by atoms with van der Waals surface area (Å²) in [7, 11) is -3.62. The first-order valence-corrected chi connectivity index (χ1v) is 10.2. The number of anilines is 1. The molecule has 0 aliphatic rings. The van der Waals surface area contributed by atoms with E-state index in [-0.39, 0.29) is 18.0 Å². The number of hydrogen-bond acceptors (Lipinski definition) is 3. The number of hydrogen-bond donors (Lipinski definition) is 0. The molecule has 0 spiro atoms. The number of rotatable bonds is 7. The molecule has 0 atom stereocenters. The Balaban J connectivity index is 2.33. The molecule has 2 rings (SSSR count). The number of nitrogens with zero attached hydrogens (tertiary/aromatic N) is 2. The van der Waals surface area contributed by atoms with Gasteiger partial charge in [-0.05, 0) is 44.2 Å². The zero-order valence-corrected chi connectivity index (χ0v) is 16.0. The number of benzene rings is 2. The fourth-order valence-corrected chi connectivity index (χ4v) is 3.52. The maximum absolute atomic E-state index is 13.9. The molecule has 2 aromatic carbocycles. The molecule has 0 unspecified atom stereocenters. The fraction of sp³-hybridized carbons (Fsp3) is 0.316. The lowest BCUT2D eigenvalue weighted by Crippen LogP contribution is -2.31. The predicted octanol–water partition coefficient (Wildman–Crippen LogP) is 3.27. The maximum Gasteiger partial charge on any atom is 0.253 e. The zero-order chi connectivity index (χ0) is 19.3. The summed E-state index contributed by atoms with van der Waals surface area (Å²) in [6.07, 6.45) is 1.07. The molecule has 0 N–H and O–H groups in total. The molecule has 7 heteroatoms. The Bertz CT molecular complexity index is 863. The highest BCUT2D eigenvalue weighted by Gasteiger charge is 2.20. The summed E-state index contributed by atoms with van der Waals surface area (Å²) in [5.74, 6) is -0.573. The van der Waals surface area contributed by atoms with Crippen molar-refractivity contribution in [2.24, 2.45) is 0 Å². The van der Waals surface area contributed by atoms with Crippen LogP contribution in [0.1, 0.15) is 29.8 Å². The topological polar surface area (TPSA) is 57.7 Å². The summed E-state index contributed by atoms with van der Waals surface area (Å²) in [6, 6.07) is 12.4. The average Bonchev–Trinajstić information content (AvgIpc) is 2.61. The molecule has 1 amide bonds. The molecule has 0 heterocycles. The highest BCUT2D eigenvalue weighted by Crippen LogP contribution is 2.22. The van der Waals surface area contributed by atoms with E-state index in [0.29, 0.717) is 24.3 Å². The van der Waals surface area contributed by atoms with E-state index < -0.39 is 15.8 Å². The van der Waals surface area contributed by atoms with Gasteiger partial charge in [0, 0.05) is 24.2 Å². The van der Waals surface area contributed by atoms with Crippen molar-refractivity contribution >= 4 is 21.6 Å². The van der Waals surface area contributed by atoms with Gasteiger partial charge in [0.25, 0.3) is 5.91 Å². The van der Waals surface area contributed by atoms with Gasteiger partial charge in [-0.1, -0.05) is 18.2 Å². The van der Waals surface area contributed by atoms with E-state index in [1.54, 1.807) is 47.4 Å². The van der Waals surface area contributed by atoms with Crippen molar-refractivity contribution in [3.63, 3.8) is 0 Å². The van der Waals surface area contributed by atoms with E-state index in [1.807, 2.05) is 13.8 Å². The molecule has 140 valence electrons. The van der Waals surface area contributed by atoms with Crippen molar-refractivity contribution in [1.29, 1.82) is 0 Å². The molecule has 0 aliphatic carbocycles. The van der Waals surface area contributed by atoms with Crippen LogP contribution in [-0.4, -0.2) is 38.6 Å². The molecule has 0 fully saturated rings. The number of halogens is 1. The van der Waals surface area contributed by atoms with Crippen LogP contribution in [-0.2, 0) is 16.6 Å². The Labute approximate surface area is 154 Å². The summed E-state index contributed by atoms with van der Waals surface area (Å²) < 4.78 is 39.4. The Morgan fingerprint density at radius 1 is 1.00 bits per heavy atom. The molecule has 0 saturated heterocycles. The summed E-state index contributed by atoms with van der Waals surface area (Å²) >= 11 is 0. The fourth-order valence-electron chi connectivity index (χ4n) is 2.65. The first kappa shape index (κ1) is 19.9. The van der Waals surface area contributed by atoms with Crippen molar-refractivity contribution < 1.29 is 17.6 Å². The SMILES string of the molecule is CCN(CC)C(=O)c1ccc(N(Cc2ccccc2F)S(C)(=O)=O)cc1. The quantitative estimate of drug-likeness (QED) is 0.743. The molecular weight excluding hydrogens is 355 g/mol. The minimum absolute atomic E-state index is 0.110. The van der Waals surface area contributed by atoms with Crippen molar-refractivity contribution in [2.75, 3.05) is 23.7 Å². The van der Waals surface area contributed by atoms with E-state index in [2.05, 4.69) is 0 Å². The largest absolute Gasteiger partial charge is 0.339 e. The molecule has 5 nitrogen and oxygen atoms in total. The predicted molar refractivity (Wildman–Crippen MR) is 101 cm³/mol. The highest BCUT2D eigenvalue weighted by molar-refractivity contribution is 7.92. The lowest BCUT2D eigenvalue weighted by atomic mass is 10.1. The Hall–Kier alpha value is -2.41. The smallest absolute Gasteiger partial charge is 0.253 e. The van der Waals surface area contributed by atoms with Crippen molar-refractivity contribution in [3.8, 4) is 0 Å². The van der Waals surface area contributed by atoms with E-state index in [1.165, 1.54) is 6.07 Å². The third kappa shape index (κ3) is 4.60. The Morgan fingerprint density at radius 3 is 2.08 bits per heavy atom. The standard InChI is InChI=1S/C19H23FN2O3S/c1-4-21(5-2)19(23)15-10-12-17(13-11-15)22(26(3,24)25)14-16-8-6-7-9-18(16)20/h6-13H,4-5,14H2,1-3H3. The van der Waals surface area contributed by atoms with Gasteiger partial charge in [-0.25, -0.2) is 12.8 Å². The van der Waals surface area contributed by atoms with Gasteiger partial charge < -0.3 is 4.90 Å². The molecule has 0 aliphatic heterocycles. The van der Waals surface area contributed by atoms with Crippen LogP contribution < -0.4 is 4.31 Å². The Morgan fingerprint density at radius 2 is 1.58 bits per heavy atom. The van der Waals surface area contributed by atoms with Crippen molar-refractivity contribution in [2.45, 2.75) is 20.4 Å². The average molecular weight is 378 g/mol. The molecule has 26 heavy (non-hydrogen) atoms. The van der Waals surface area contributed by atoms with Crippen LogP contribution in [0.25, 0.3) is 0 Å². The van der Waals surface area contributed by atoms with Gasteiger partial charge in [0.05, 0.1) is 18.5 Å². The summed E-state index contributed by atoms with van der Waals surface area (Å²) in [6.45, 7) is 4.87. The van der Waals surface area contributed by atoms with Gasteiger partial charge in [0.1, 0.15) is 5.82 Å². The van der Waals surface area contributed by atoms with Gasteiger partial charge in [-0.15, -0.1) is 0 Å². The number of sulfonamides is 1. The lowest BCUT2D eigenvalue weighted by Gasteiger charge is -2.23. The summed E-state index contributed by atoms with van der Waals surface area (Å²) in [5.41, 5.74) is 1.14. The second-order valence-corrected chi connectivity index (χ2v) is 7.79.